The van der Waals surface area contributed by atoms with Gasteiger partial charge in [-0.25, -0.2) is 0 Å². The van der Waals surface area contributed by atoms with E-state index in [0.717, 1.165) is 25.0 Å². The second-order valence-corrected chi connectivity index (χ2v) is 5.87. The fourth-order valence-electron chi connectivity index (χ4n) is 2.55. The van der Waals surface area contributed by atoms with Gasteiger partial charge in [0.05, 0.1) is 0 Å². The van der Waals surface area contributed by atoms with Gasteiger partial charge in [-0.05, 0) is 44.7 Å². The summed E-state index contributed by atoms with van der Waals surface area (Å²) in [5.41, 5.74) is 0. The van der Waals surface area contributed by atoms with Crippen LogP contribution in [0.1, 0.15) is 46.5 Å². The molecule has 1 fully saturated rings. The second kappa shape index (κ2) is 11.6. The highest BCUT2D eigenvalue weighted by atomic mass is 127. The lowest BCUT2D eigenvalue weighted by Gasteiger charge is -2.27. The molecule has 1 rings (SSSR count). The van der Waals surface area contributed by atoms with E-state index in [1.807, 2.05) is 7.05 Å². The maximum Gasteiger partial charge on any atom is 0.191 e. The van der Waals surface area contributed by atoms with Crippen molar-refractivity contribution in [2.75, 3.05) is 33.2 Å². The Hall–Kier alpha value is -0.0400. The Bertz CT molecular complexity index is 263. The summed E-state index contributed by atoms with van der Waals surface area (Å²) >= 11 is 0. The molecule has 0 aromatic rings. The zero-order valence-electron chi connectivity index (χ0n) is 13.6. The molecule has 0 spiro atoms. The lowest BCUT2D eigenvalue weighted by molar-refractivity contribution is 0.236. The van der Waals surface area contributed by atoms with E-state index < -0.39 is 0 Å². The molecule has 1 aliphatic heterocycles. The van der Waals surface area contributed by atoms with Crippen molar-refractivity contribution in [2.24, 2.45) is 10.9 Å². The Kier molecular flexibility index (Phi) is 11.6. The third kappa shape index (κ3) is 7.67. The molecule has 0 aliphatic carbocycles. The molecule has 0 bridgehead atoms. The van der Waals surface area contributed by atoms with Gasteiger partial charge in [-0.1, -0.05) is 20.8 Å². The summed E-state index contributed by atoms with van der Waals surface area (Å²) in [7, 11) is 1.85. The zero-order chi connectivity index (χ0) is 14.1. The van der Waals surface area contributed by atoms with E-state index in [1.165, 1.54) is 38.8 Å². The van der Waals surface area contributed by atoms with Crippen molar-refractivity contribution in [1.82, 2.24) is 15.5 Å². The lowest BCUT2D eigenvalue weighted by Crippen LogP contribution is -2.46. The maximum atomic E-state index is 4.29. The Morgan fingerprint density at radius 1 is 1.20 bits per heavy atom. The van der Waals surface area contributed by atoms with Crippen LogP contribution < -0.4 is 10.6 Å². The molecule has 0 radical (unpaired) electrons. The number of aliphatic imine (C=N–C) groups is 1. The van der Waals surface area contributed by atoms with E-state index in [4.69, 9.17) is 0 Å². The molecule has 1 saturated heterocycles. The van der Waals surface area contributed by atoms with E-state index in [0.29, 0.717) is 6.04 Å². The van der Waals surface area contributed by atoms with Crippen LogP contribution in [0.15, 0.2) is 4.99 Å². The summed E-state index contributed by atoms with van der Waals surface area (Å²) in [6.07, 6.45) is 5.11. The van der Waals surface area contributed by atoms with Crippen LogP contribution in [0.3, 0.4) is 0 Å². The number of rotatable bonds is 7. The predicted molar refractivity (Wildman–Crippen MR) is 99.1 cm³/mol. The van der Waals surface area contributed by atoms with Gasteiger partial charge in [0.15, 0.2) is 5.96 Å². The molecule has 0 amide bonds. The Balaban J connectivity index is 0.00000361. The highest BCUT2D eigenvalue weighted by Crippen LogP contribution is 2.13. The van der Waals surface area contributed by atoms with Crippen LogP contribution in [0.2, 0.25) is 0 Å². The van der Waals surface area contributed by atoms with Crippen molar-refractivity contribution >= 4 is 29.9 Å². The molecular weight excluding hydrogens is 363 g/mol. The molecule has 0 aromatic heterocycles. The number of hydrogen-bond donors (Lipinski definition) is 2. The number of halogens is 1. The highest BCUT2D eigenvalue weighted by molar-refractivity contribution is 14.0. The molecule has 1 aliphatic rings. The van der Waals surface area contributed by atoms with Crippen molar-refractivity contribution < 1.29 is 0 Å². The first-order valence-corrected chi connectivity index (χ1v) is 7.86. The van der Waals surface area contributed by atoms with Gasteiger partial charge in [-0.2, -0.15) is 0 Å². The smallest absolute Gasteiger partial charge is 0.191 e. The first-order valence-electron chi connectivity index (χ1n) is 7.86. The SMILES string of the molecule is CCC(CNC(=NC)NCCC(C)C)N1CCCC1.I. The van der Waals surface area contributed by atoms with Gasteiger partial charge in [0.25, 0.3) is 0 Å². The molecule has 2 N–H and O–H groups in total. The summed E-state index contributed by atoms with van der Waals surface area (Å²) in [4.78, 5) is 6.90. The normalized spacial score (nSPS) is 17.9. The lowest BCUT2D eigenvalue weighted by atomic mass is 10.1. The number of nitrogens with one attached hydrogen (secondary N) is 2. The molecule has 1 heterocycles. The van der Waals surface area contributed by atoms with Crippen LogP contribution in [-0.4, -0.2) is 50.1 Å². The number of hydrogen-bond acceptors (Lipinski definition) is 2. The second-order valence-electron chi connectivity index (χ2n) is 5.87. The fourth-order valence-corrected chi connectivity index (χ4v) is 2.55. The van der Waals surface area contributed by atoms with Crippen LogP contribution in [0.25, 0.3) is 0 Å². The maximum absolute atomic E-state index is 4.29. The van der Waals surface area contributed by atoms with Gasteiger partial charge in [0, 0.05) is 26.2 Å². The minimum Gasteiger partial charge on any atom is -0.356 e. The van der Waals surface area contributed by atoms with Crippen LogP contribution in [0.5, 0.6) is 0 Å². The van der Waals surface area contributed by atoms with Crippen LogP contribution >= 0.6 is 24.0 Å². The first kappa shape index (κ1) is 20.0. The monoisotopic (exact) mass is 396 g/mol. The molecule has 4 nitrogen and oxygen atoms in total. The average molecular weight is 396 g/mol. The van der Waals surface area contributed by atoms with Crippen molar-refractivity contribution in [3.63, 3.8) is 0 Å². The molecular formula is C15H33IN4. The predicted octanol–water partition coefficient (Wildman–Crippen LogP) is 2.69. The third-order valence-corrected chi connectivity index (χ3v) is 3.87. The van der Waals surface area contributed by atoms with E-state index in [9.17, 15) is 0 Å². The van der Waals surface area contributed by atoms with Gasteiger partial charge >= 0.3 is 0 Å². The quantitative estimate of drug-likeness (QED) is 0.395. The number of guanidine groups is 1. The van der Waals surface area contributed by atoms with Crippen molar-refractivity contribution in [3.05, 3.63) is 0 Å². The Labute approximate surface area is 142 Å². The van der Waals surface area contributed by atoms with Crippen LogP contribution in [0.4, 0.5) is 0 Å². The van der Waals surface area contributed by atoms with Crippen molar-refractivity contribution in [2.45, 2.75) is 52.5 Å². The molecule has 0 saturated carbocycles. The van der Waals surface area contributed by atoms with E-state index >= 15 is 0 Å². The molecule has 120 valence electrons. The number of likely N-dealkylation sites (tertiary alicyclic amines) is 1. The molecule has 1 atom stereocenters. The summed E-state index contributed by atoms with van der Waals surface area (Å²) in [5.74, 6) is 1.68. The van der Waals surface area contributed by atoms with Gasteiger partial charge in [-0.3, -0.25) is 9.89 Å². The largest absolute Gasteiger partial charge is 0.356 e. The van der Waals surface area contributed by atoms with Gasteiger partial charge in [-0.15, -0.1) is 24.0 Å². The average Bonchev–Trinajstić information content (AvgIpc) is 2.91. The molecule has 5 heteroatoms. The van der Waals surface area contributed by atoms with Gasteiger partial charge in [0.1, 0.15) is 0 Å². The summed E-state index contributed by atoms with van der Waals surface area (Å²) < 4.78 is 0. The Morgan fingerprint density at radius 3 is 2.35 bits per heavy atom. The Morgan fingerprint density at radius 2 is 1.85 bits per heavy atom. The van der Waals surface area contributed by atoms with Crippen LogP contribution in [-0.2, 0) is 0 Å². The summed E-state index contributed by atoms with van der Waals surface area (Å²) in [6.45, 7) is 11.3. The first-order chi connectivity index (χ1) is 9.17. The fraction of sp³-hybridized carbons (Fsp3) is 0.933. The molecule has 20 heavy (non-hydrogen) atoms. The molecule has 1 unspecified atom stereocenters. The van der Waals surface area contributed by atoms with Gasteiger partial charge in [0.2, 0.25) is 0 Å². The van der Waals surface area contributed by atoms with E-state index in [-0.39, 0.29) is 24.0 Å². The third-order valence-electron chi connectivity index (χ3n) is 3.87. The standard InChI is InChI=1S/C15H32N4.HI/c1-5-14(19-10-6-7-11-19)12-18-15(16-4)17-9-8-13(2)3;/h13-14H,5-12H2,1-4H3,(H2,16,17,18);1H. The van der Waals surface area contributed by atoms with Crippen molar-refractivity contribution in [1.29, 1.82) is 0 Å². The topological polar surface area (TPSA) is 39.7 Å². The highest BCUT2D eigenvalue weighted by Gasteiger charge is 2.20. The molecule has 0 aromatic carbocycles. The summed E-state index contributed by atoms with van der Waals surface area (Å²) in [5, 5.41) is 6.86. The number of nitrogens with zero attached hydrogens (tertiary/aromatic N) is 2. The van der Waals surface area contributed by atoms with E-state index in [1.54, 1.807) is 0 Å². The van der Waals surface area contributed by atoms with E-state index in [2.05, 4.69) is 41.3 Å². The van der Waals surface area contributed by atoms with Crippen LogP contribution in [0, 0.1) is 5.92 Å². The zero-order valence-corrected chi connectivity index (χ0v) is 15.9. The van der Waals surface area contributed by atoms with Crippen molar-refractivity contribution in [3.8, 4) is 0 Å². The van der Waals surface area contributed by atoms with Gasteiger partial charge < -0.3 is 10.6 Å². The summed E-state index contributed by atoms with van der Waals surface area (Å²) in [6, 6.07) is 0.645. The minimum absolute atomic E-state index is 0. The minimum atomic E-state index is 0.